The predicted octanol–water partition coefficient (Wildman–Crippen LogP) is 2.59. The zero-order valence-corrected chi connectivity index (χ0v) is 17.3. The molecule has 2 aliphatic heterocycles. The summed E-state index contributed by atoms with van der Waals surface area (Å²) in [5.41, 5.74) is 0.387. The van der Waals surface area contributed by atoms with Crippen LogP contribution in [0.5, 0.6) is 0 Å². The molecule has 0 saturated carbocycles. The second-order valence-electron chi connectivity index (χ2n) is 8.02. The predicted molar refractivity (Wildman–Crippen MR) is 119 cm³/mol. The summed E-state index contributed by atoms with van der Waals surface area (Å²) in [4.78, 5) is 53.5. The summed E-state index contributed by atoms with van der Waals surface area (Å²) in [7, 11) is 0. The minimum Gasteiger partial charge on any atom is -0.323 e. The molecule has 0 spiro atoms. The highest BCUT2D eigenvalue weighted by Crippen LogP contribution is 2.34. The minimum absolute atomic E-state index is 0.180. The van der Waals surface area contributed by atoms with Crippen molar-refractivity contribution < 1.29 is 19.2 Å². The van der Waals surface area contributed by atoms with Gasteiger partial charge in [-0.15, -0.1) is 0 Å². The van der Waals surface area contributed by atoms with Crippen molar-refractivity contribution in [1.29, 1.82) is 0 Å². The van der Waals surface area contributed by atoms with Crippen LogP contribution in [0.2, 0.25) is 0 Å². The van der Waals surface area contributed by atoms with Gasteiger partial charge < -0.3 is 10.6 Å². The van der Waals surface area contributed by atoms with Crippen molar-refractivity contribution in [3.63, 3.8) is 0 Å². The first-order chi connectivity index (χ1) is 15.4. The number of imide groups is 1. The quantitative estimate of drug-likeness (QED) is 0.627. The first kappa shape index (κ1) is 19.7. The molecule has 8 heteroatoms. The minimum atomic E-state index is -1.31. The van der Waals surface area contributed by atoms with Crippen molar-refractivity contribution in [1.82, 2.24) is 10.2 Å². The first-order valence-corrected chi connectivity index (χ1v) is 10.2. The largest absolute Gasteiger partial charge is 0.325 e. The number of urea groups is 1. The van der Waals surface area contributed by atoms with E-state index in [1.807, 2.05) is 36.4 Å². The molecule has 5 rings (SSSR count). The molecule has 0 bridgehead atoms. The number of benzene rings is 3. The van der Waals surface area contributed by atoms with Gasteiger partial charge in [-0.05, 0) is 35.4 Å². The molecule has 0 aliphatic carbocycles. The number of amides is 5. The molecular formula is C24H20N4O4. The lowest BCUT2D eigenvalue weighted by Gasteiger charge is -2.30. The van der Waals surface area contributed by atoms with E-state index in [1.165, 1.54) is 4.90 Å². The Morgan fingerprint density at radius 1 is 0.969 bits per heavy atom. The average Bonchev–Trinajstić information content (AvgIpc) is 3.01. The lowest BCUT2D eigenvalue weighted by Crippen LogP contribution is -2.48. The van der Waals surface area contributed by atoms with Gasteiger partial charge >= 0.3 is 6.03 Å². The summed E-state index contributed by atoms with van der Waals surface area (Å²) >= 11 is 0. The zero-order chi connectivity index (χ0) is 22.5. The number of rotatable bonds is 3. The lowest BCUT2D eigenvalue weighted by molar-refractivity contribution is -0.134. The second kappa shape index (κ2) is 7.19. The molecular weight excluding hydrogens is 408 g/mol. The molecule has 2 aliphatic rings. The molecule has 0 radical (unpaired) electrons. The highest BCUT2D eigenvalue weighted by molar-refractivity contribution is 6.14. The Balaban J connectivity index is 1.45. The van der Waals surface area contributed by atoms with Gasteiger partial charge in [0.05, 0.1) is 11.4 Å². The molecule has 160 valence electrons. The number of anilines is 2. The lowest BCUT2D eigenvalue weighted by atomic mass is 9.88. The van der Waals surface area contributed by atoms with Crippen LogP contribution in [0.4, 0.5) is 16.2 Å². The first-order valence-electron chi connectivity index (χ1n) is 10.2. The van der Waals surface area contributed by atoms with Crippen LogP contribution in [0, 0.1) is 0 Å². The van der Waals surface area contributed by atoms with Crippen LogP contribution < -0.4 is 15.5 Å². The van der Waals surface area contributed by atoms with E-state index in [-0.39, 0.29) is 12.5 Å². The molecule has 1 fully saturated rings. The summed E-state index contributed by atoms with van der Waals surface area (Å²) in [5.74, 6) is -1.37. The third kappa shape index (κ3) is 2.99. The Hall–Kier alpha value is -4.20. The number of nitrogens with one attached hydrogen (secondary N) is 2. The van der Waals surface area contributed by atoms with Crippen molar-refractivity contribution in [3.8, 4) is 0 Å². The number of hydrogen-bond acceptors (Lipinski definition) is 4. The Morgan fingerprint density at radius 2 is 1.69 bits per heavy atom. The fourth-order valence-electron chi connectivity index (χ4n) is 4.36. The number of carbonyl (C=O) groups excluding carboxylic acids is 4. The van der Waals surface area contributed by atoms with Gasteiger partial charge in [-0.1, -0.05) is 54.6 Å². The van der Waals surface area contributed by atoms with E-state index in [0.717, 1.165) is 15.7 Å². The van der Waals surface area contributed by atoms with Crippen LogP contribution in [-0.4, -0.2) is 41.7 Å². The van der Waals surface area contributed by atoms with Gasteiger partial charge in [-0.3, -0.25) is 24.2 Å². The molecule has 3 aromatic rings. The van der Waals surface area contributed by atoms with Gasteiger partial charge in [0.2, 0.25) is 11.8 Å². The maximum absolute atomic E-state index is 13.4. The molecule has 2 heterocycles. The van der Waals surface area contributed by atoms with Gasteiger partial charge in [0, 0.05) is 0 Å². The smallest absolute Gasteiger partial charge is 0.323 e. The molecule has 2 N–H and O–H groups in total. The Bertz CT molecular complexity index is 1300. The average molecular weight is 428 g/mol. The van der Waals surface area contributed by atoms with Gasteiger partial charge in [0.1, 0.15) is 18.6 Å². The number of para-hydroxylation sites is 2. The van der Waals surface area contributed by atoms with E-state index in [1.54, 1.807) is 37.3 Å². The number of carbonyl (C=O) groups is 4. The van der Waals surface area contributed by atoms with Gasteiger partial charge in [0.15, 0.2) is 0 Å². The highest BCUT2D eigenvalue weighted by Gasteiger charge is 2.50. The van der Waals surface area contributed by atoms with Crippen molar-refractivity contribution >= 4 is 45.9 Å². The topological polar surface area (TPSA) is 98.8 Å². The summed E-state index contributed by atoms with van der Waals surface area (Å²) in [6.07, 6.45) is 0. The van der Waals surface area contributed by atoms with Crippen LogP contribution >= 0.6 is 0 Å². The summed E-state index contributed by atoms with van der Waals surface area (Å²) in [6, 6.07) is 19.4. The monoisotopic (exact) mass is 428 g/mol. The summed E-state index contributed by atoms with van der Waals surface area (Å²) in [5, 5.41) is 7.27. The molecule has 3 aromatic carbocycles. The standard InChI is InChI=1S/C24H20N4O4/c1-24(17-10-6-8-15-7-2-3-9-16(15)17)22(31)28(23(32)26-24)14-21(30)27-13-20(29)25-18-11-4-5-12-19(18)27/h2-12H,13-14H2,1H3,(H,25,29)(H,26,32)/t24-/m1/s1. The second-order valence-corrected chi connectivity index (χ2v) is 8.02. The van der Waals surface area contributed by atoms with Crippen LogP contribution in [-0.2, 0) is 19.9 Å². The molecule has 8 nitrogen and oxygen atoms in total. The maximum atomic E-state index is 13.4. The van der Waals surface area contributed by atoms with E-state index >= 15 is 0 Å². The number of nitrogens with zero attached hydrogens (tertiary/aromatic N) is 2. The molecule has 0 unspecified atom stereocenters. The highest BCUT2D eigenvalue weighted by atomic mass is 16.2. The molecule has 5 amide bonds. The number of fused-ring (bicyclic) bond motifs is 2. The van der Waals surface area contributed by atoms with E-state index in [0.29, 0.717) is 16.9 Å². The van der Waals surface area contributed by atoms with E-state index in [4.69, 9.17) is 0 Å². The maximum Gasteiger partial charge on any atom is 0.325 e. The fourth-order valence-corrected chi connectivity index (χ4v) is 4.36. The molecule has 1 saturated heterocycles. The van der Waals surface area contributed by atoms with Crippen molar-refractivity contribution in [2.75, 3.05) is 23.3 Å². The van der Waals surface area contributed by atoms with Gasteiger partial charge in [-0.25, -0.2) is 4.79 Å². The Morgan fingerprint density at radius 3 is 2.53 bits per heavy atom. The molecule has 0 aromatic heterocycles. The van der Waals surface area contributed by atoms with Crippen LogP contribution in [0.1, 0.15) is 12.5 Å². The van der Waals surface area contributed by atoms with E-state index < -0.39 is 29.9 Å². The molecule has 32 heavy (non-hydrogen) atoms. The number of hydrogen-bond donors (Lipinski definition) is 2. The SMILES string of the molecule is C[C@]1(c2cccc3ccccc23)NC(=O)N(CC(=O)N2CC(=O)Nc3ccccc32)C1=O. The van der Waals surface area contributed by atoms with E-state index in [2.05, 4.69) is 10.6 Å². The third-order valence-electron chi connectivity index (χ3n) is 5.97. The van der Waals surface area contributed by atoms with Gasteiger partial charge in [-0.2, -0.15) is 0 Å². The van der Waals surface area contributed by atoms with Crippen LogP contribution in [0.3, 0.4) is 0 Å². The third-order valence-corrected chi connectivity index (χ3v) is 5.97. The van der Waals surface area contributed by atoms with Crippen molar-refractivity contribution in [2.24, 2.45) is 0 Å². The van der Waals surface area contributed by atoms with E-state index in [9.17, 15) is 19.2 Å². The zero-order valence-electron chi connectivity index (χ0n) is 17.3. The van der Waals surface area contributed by atoms with Gasteiger partial charge in [0.25, 0.3) is 5.91 Å². The fraction of sp³-hybridized carbons (Fsp3) is 0.167. The Labute approximate surface area is 183 Å². The van der Waals surface area contributed by atoms with Crippen LogP contribution in [0.25, 0.3) is 10.8 Å². The van der Waals surface area contributed by atoms with Crippen molar-refractivity contribution in [3.05, 3.63) is 72.3 Å². The van der Waals surface area contributed by atoms with Crippen LogP contribution in [0.15, 0.2) is 66.7 Å². The molecule has 1 atom stereocenters. The Kier molecular flexibility index (Phi) is 4.44. The summed E-state index contributed by atoms with van der Waals surface area (Å²) in [6.45, 7) is 0.996. The summed E-state index contributed by atoms with van der Waals surface area (Å²) < 4.78 is 0. The normalized spacial score (nSPS) is 20.2. The van der Waals surface area contributed by atoms with Crippen molar-refractivity contribution in [2.45, 2.75) is 12.5 Å².